The molecule has 0 heterocycles. The minimum Gasteiger partial charge on any atom is -0.402 e. The van der Waals surface area contributed by atoms with Crippen molar-refractivity contribution in [1.29, 1.82) is 0 Å². The number of hydrogen-bond acceptors (Lipinski definition) is 3. The predicted octanol–water partition coefficient (Wildman–Crippen LogP) is 5.31. The lowest BCUT2D eigenvalue weighted by Crippen LogP contribution is -2.55. The van der Waals surface area contributed by atoms with Crippen LogP contribution >= 0.6 is 0 Å². The largest absolute Gasteiger partial charge is 0.634 e. The van der Waals surface area contributed by atoms with E-state index in [1.807, 2.05) is 97.1 Å². The van der Waals surface area contributed by atoms with Crippen molar-refractivity contribution in [3.63, 3.8) is 0 Å². The highest BCUT2D eigenvalue weighted by Gasteiger charge is 2.57. The van der Waals surface area contributed by atoms with Gasteiger partial charge < -0.3 is 14.7 Å². The van der Waals surface area contributed by atoms with Crippen molar-refractivity contribution in [2.75, 3.05) is 0 Å². The van der Waals surface area contributed by atoms with Gasteiger partial charge in [-0.1, -0.05) is 128 Å². The molecule has 0 bridgehead atoms. The molecule has 160 valence electrons. The molecular weight excluding hydrogens is 395 g/mol. The lowest BCUT2D eigenvalue weighted by Gasteiger charge is -2.52. The first-order valence-corrected chi connectivity index (χ1v) is 10.9. The number of rotatable bonds is 8. The summed E-state index contributed by atoms with van der Waals surface area (Å²) < 4.78 is 6.29. The van der Waals surface area contributed by atoms with Crippen molar-refractivity contribution in [3.05, 3.63) is 144 Å². The lowest BCUT2D eigenvalue weighted by atomic mass is 9.56. The summed E-state index contributed by atoms with van der Waals surface area (Å²) in [5.74, 6) is 0. The van der Waals surface area contributed by atoms with Crippen molar-refractivity contribution < 1.29 is 14.7 Å². The first-order chi connectivity index (χ1) is 15.6. The average Bonchev–Trinajstić information content (AvgIpc) is 2.86. The van der Waals surface area contributed by atoms with E-state index in [4.69, 9.17) is 4.65 Å². The lowest BCUT2D eigenvalue weighted by molar-refractivity contribution is -0.00742. The maximum Gasteiger partial charge on any atom is 0.634 e. The highest BCUT2D eigenvalue weighted by atomic mass is 16.6. The van der Waals surface area contributed by atoms with Gasteiger partial charge in [0.05, 0.1) is 5.41 Å². The predicted molar refractivity (Wildman–Crippen MR) is 129 cm³/mol. The van der Waals surface area contributed by atoms with Crippen LogP contribution in [0.15, 0.2) is 121 Å². The first-order valence-electron chi connectivity index (χ1n) is 10.9. The summed E-state index contributed by atoms with van der Waals surface area (Å²) in [7, 11) is -1.98. The van der Waals surface area contributed by atoms with Crippen molar-refractivity contribution >= 4 is 7.32 Å². The summed E-state index contributed by atoms with van der Waals surface area (Å²) in [5.41, 5.74) is 1.76. The standard InChI is InChI=1S/C28H27BO3/c1-2-27(23-15-7-3-8-16-23,24-17-9-4-10-18-24)28(32-29(30)31,25-19-11-5-12-20-25)26-21-13-6-14-22-26/h3-22,30-31H,2H2,1H3. The Morgan fingerprint density at radius 2 is 0.875 bits per heavy atom. The highest BCUT2D eigenvalue weighted by molar-refractivity contribution is 6.33. The molecule has 0 aromatic heterocycles. The van der Waals surface area contributed by atoms with E-state index in [0.29, 0.717) is 6.42 Å². The Kier molecular flexibility index (Phi) is 6.57. The zero-order valence-corrected chi connectivity index (χ0v) is 18.1. The summed E-state index contributed by atoms with van der Waals surface area (Å²) in [5, 5.41) is 20.6. The fraction of sp³-hybridized carbons (Fsp3) is 0.143. The van der Waals surface area contributed by atoms with Crippen LogP contribution in [0.4, 0.5) is 0 Å². The molecule has 0 saturated carbocycles. The van der Waals surface area contributed by atoms with Crippen LogP contribution < -0.4 is 0 Å². The molecule has 0 fully saturated rings. The van der Waals surface area contributed by atoms with Crippen LogP contribution in [-0.2, 0) is 15.7 Å². The summed E-state index contributed by atoms with van der Waals surface area (Å²) in [6.07, 6.45) is 0.650. The monoisotopic (exact) mass is 422 g/mol. The Labute approximate surface area is 190 Å². The molecule has 0 aliphatic carbocycles. The minimum atomic E-state index is -1.98. The molecule has 0 radical (unpaired) electrons. The Bertz CT molecular complexity index is 1020. The molecule has 0 aliphatic heterocycles. The normalized spacial score (nSPS) is 11.8. The summed E-state index contributed by atoms with van der Waals surface area (Å²) >= 11 is 0. The van der Waals surface area contributed by atoms with E-state index < -0.39 is 18.3 Å². The molecular formula is C28H27BO3. The second kappa shape index (κ2) is 9.53. The van der Waals surface area contributed by atoms with E-state index in [2.05, 4.69) is 31.2 Å². The quantitative estimate of drug-likeness (QED) is 0.378. The molecule has 2 N–H and O–H groups in total. The van der Waals surface area contributed by atoms with Gasteiger partial charge in [-0.2, -0.15) is 0 Å². The van der Waals surface area contributed by atoms with Gasteiger partial charge in [0.1, 0.15) is 5.60 Å². The highest BCUT2D eigenvalue weighted by Crippen LogP contribution is 2.55. The van der Waals surface area contributed by atoms with E-state index >= 15 is 0 Å². The van der Waals surface area contributed by atoms with Gasteiger partial charge in [0.2, 0.25) is 0 Å². The third-order valence-electron chi connectivity index (χ3n) is 6.31. The fourth-order valence-electron chi connectivity index (χ4n) is 5.08. The molecule has 4 rings (SSSR count). The molecule has 4 heteroatoms. The van der Waals surface area contributed by atoms with Gasteiger partial charge >= 0.3 is 7.32 Å². The maximum absolute atomic E-state index is 10.3. The Morgan fingerprint density at radius 3 is 1.16 bits per heavy atom. The fourth-order valence-corrected chi connectivity index (χ4v) is 5.08. The van der Waals surface area contributed by atoms with Crippen LogP contribution in [0.3, 0.4) is 0 Å². The third kappa shape index (κ3) is 3.67. The van der Waals surface area contributed by atoms with Crippen LogP contribution in [0.2, 0.25) is 0 Å². The van der Waals surface area contributed by atoms with Crippen LogP contribution in [0.1, 0.15) is 35.6 Å². The Hall–Kier alpha value is -3.18. The van der Waals surface area contributed by atoms with E-state index in [9.17, 15) is 10.0 Å². The van der Waals surface area contributed by atoms with Gasteiger partial charge in [-0.15, -0.1) is 0 Å². The molecule has 0 amide bonds. The molecule has 0 saturated heterocycles. The molecule has 32 heavy (non-hydrogen) atoms. The summed E-state index contributed by atoms with van der Waals surface area (Å²) in [6, 6.07) is 40.1. The second-order valence-corrected chi connectivity index (χ2v) is 7.85. The zero-order chi connectivity index (χ0) is 22.4. The van der Waals surface area contributed by atoms with Gasteiger partial charge in [0.15, 0.2) is 0 Å². The molecule has 0 unspecified atom stereocenters. The second-order valence-electron chi connectivity index (χ2n) is 7.85. The van der Waals surface area contributed by atoms with Crippen molar-refractivity contribution in [3.8, 4) is 0 Å². The smallest absolute Gasteiger partial charge is 0.402 e. The Morgan fingerprint density at radius 1 is 0.562 bits per heavy atom. The Balaban J connectivity index is 2.20. The van der Waals surface area contributed by atoms with Crippen LogP contribution in [0, 0.1) is 0 Å². The molecule has 4 aromatic rings. The summed E-state index contributed by atoms with van der Waals surface area (Å²) in [6.45, 7) is 2.12. The molecule has 0 spiro atoms. The van der Waals surface area contributed by atoms with Gasteiger partial charge in [0, 0.05) is 0 Å². The van der Waals surface area contributed by atoms with Gasteiger partial charge in [-0.05, 0) is 28.7 Å². The number of hydrogen-bond donors (Lipinski definition) is 2. The SMILES string of the molecule is CCC(c1ccccc1)(c1ccccc1)C(OB(O)O)(c1ccccc1)c1ccccc1. The van der Waals surface area contributed by atoms with Crippen molar-refractivity contribution in [2.24, 2.45) is 0 Å². The minimum absolute atomic E-state index is 0.650. The van der Waals surface area contributed by atoms with E-state index in [-0.39, 0.29) is 0 Å². The molecule has 4 aromatic carbocycles. The van der Waals surface area contributed by atoms with Crippen LogP contribution in [0.5, 0.6) is 0 Å². The zero-order valence-electron chi connectivity index (χ0n) is 18.1. The van der Waals surface area contributed by atoms with E-state index in [1.165, 1.54) is 0 Å². The topological polar surface area (TPSA) is 49.7 Å². The van der Waals surface area contributed by atoms with Crippen molar-refractivity contribution in [1.82, 2.24) is 0 Å². The van der Waals surface area contributed by atoms with Crippen LogP contribution in [0.25, 0.3) is 0 Å². The third-order valence-corrected chi connectivity index (χ3v) is 6.31. The van der Waals surface area contributed by atoms with Gasteiger partial charge in [-0.3, -0.25) is 0 Å². The first kappa shape index (κ1) is 22.0. The van der Waals surface area contributed by atoms with Gasteiger partial charge in [0.25, 0.3) is 0 Å². The molecule has 0 aliphatic rings. The molecule has 0 atom stereocenters. The van der Waals surface area contributed by atoms with Crippen LogP contribution in [-0.4, -0.2) is 17.4 Å². The molecule has 3 nitrogen and oxygen atoms in total. The van der Waals surface area contributed by atoms with E-state index in [1.54, 1.807) is 0 Å². The maximum atomic E-state index is 10.3. The number of benzene rings is 4. The van der Waals surface area contributed by atoms with Crippen molar-refractivity contribution in [2.45, 2.75) is 24.4 Å². The summed E-state index contributed by atoms with van der Waals surface area (Å²) in [4.78, 5) is 0. The van der Waals surface area contributed by atoms with Gasteiger partial charge in [-0.25, -0.2) is 0 Å². The average molecular weight is 422 g/mol. The van der Waals surface area contributed by atoms with E-state index in [0.717, 1.165) is 22.3 Å².